The second-order valence-electron chi connectivity index (χ2n) is 6.79. The first-order valence-corrected chi connectivity index (χ1v) is 9.50. The van der Waals surface area contributed by atoms with Gasteiger partial charge in [-0.05, 0) is 44.0 Å². The van der Waals surface area contributed by atoms with Gasteiger partial charge in [0.1, 0.15) is 5.69 Å². The van der Waals surface area contributed by atoms with Crippen molar-refractivity contribution in [3.63, 3.8) is 0 Å². The zero-order valence-electron chi connectivity index (χ0n) is 16.6. The third-order valence-corrected chi connectivity index (χ3v) is 4.87. The van der Waals surface area contributed by atoms with Crippen molar-refractivity contribution in [2.24, 2.45) is 0 Å². The molecule has 148 valence electrons. The number of amides is 2. The molecule has 0 saturated carbocycles. The molecule has 1 aliphatic heterocycles. The Bertz CT molecular complexity index is 840. The lowest BCUT2D eigenvalue weighted by Gasteiger charge is -2.35. The Morgan fingerprint density at radius 1 is 1.11 bits per heavy atom. The van der Waals surface area contributed by atoms with Crippen molar-refractivity contribution < 1.29 is 14.3 Å². The molecule has 0 unspecified atom stereocenters. The number of nitrogens with zero attached hydrogens (tertiary/aromatic N) is 3. The maximum Gasteiger partial charge on any atom is 0.409 e. The fourth-order valence-electron chi connectivity index (χ4n) is 3.29. The van der Waals surface area contributed by atoms with E-state index in [-0.39, 0.29) is 12.0 Å². The van der Waals surface area contributed by atoms with Crippen LogP contribution in [0.4, 0.5) is 16.2 Å². The highest BCUT2D eigenvalue weighted by atomic mass is 16.6. The Morgan fingerprint density at radius 3 is 2.43 bits per heavy atom. The Hall–Kier alpha value is -3.09. The number of pyridine rings is 1. The van der Waals surface area contributed by atoms with Gasteiger partial charge in [0, 0.05) is 43.8 Å². The van der Waals surface area contributed by atoms with E-state index in [2.05, 4.69) is 15.2 Å². The largest absolute Gasteiger partial charge is 0.450 e. The van der Waals surface area contributed by atoms with E-state index in [0.29, 0.717) is 38.5 Å². The minimum absolute atomic E-state index is 0.232. The molecule has 0 radical (unpaired) electrons. The average molecular weight is 382 g/mol. The molecule has 2 heterocycles. The maximum absolute atomic E-state index is 12.7. The number of aromatic nitrogens is 1. The van der Waals surface area contributed by atoms with Crippen LogP contribution in [0, 0.1) is 13.8 Å². The number of aryl methyl sites for hydroxylation is 2. The van der Waals surface area contributed by atoms with Crippen LogP contribution < -0.4 is 10.2 Å². The maximum atomic E-state index is 12.7. The predicted molar refractivity (Wildman–Crippen MR) is 109 cm³/mol. The summed E-state index contributed by atoms with van der Waals surface area (Å²) in [4.78, 5) is 32.6. The smallest absolute Gasteiger partial charge is 0.409 e. The number of hydrogen-bond donors (Lipinski definition) is 1. The molecule has 0 aliphatic carbocycles. The monoisotopic (exact) mass is 382 g/mol. The van der Waals surface area contributed by atoms with Crippen molar-refractivity contribution in [3.8, 4) is 0 Å². The van der Waals surface area contributed by atoms with E-state index in [1.54, 1.807) is 24.1 Å². The van der Waals surface area contributed by atoms with Crippen LogP contribution in [0.5, 0.6) is 0 Å². The number of carbonyl (C=O) groups excluding carboxylic acids is 2. The summed E-state index contributed by atoms with van der Waals surface area (Å²) in [7, 11) is 0. The van der Waals surface area contributed by atoms with Crippen molar-refractivity contribution in [2.75, 3.05) is 43.0 Å². The van der Waals surface area contributed by atoms with Crippen molar-refractivity contribution >= 4 is 23.4 Å². The summed E-state index contributed by atoms with van der Waals surface area (Å²) in [5.41, 5.74) is 4.14. The van der Waals surface area contributed by atoms with Crippen molar-refractivity contribution in [2.45, 2.75) is 20.8 Å². The molecule has 0 spiro atoms. The number of ether oxygens (including phenoxy) is 1. The third kappa shape index (κ3) is 4.42. The summed E-state index contributed by atoms with van der Waals surface area (Å²) in [5.74, 6) is -0.232. The predicted octanol–water partition coefficient (Wildman–Crippen LogP) is 3.23. The third-order valence-electron chi connectivity index (χ3n) is 4.87. The van der Waals surface area contributed by atoms with Gasteiger partial charge in [-0.3, -0.25) is 9.78 Å². The second kappa shape index (κ2) is 8.73. The molecule has 1 N–H and O–H groups in total. The Balaban J connectivity index is 1.68. The Morgan fingerprint density at radius 2 is 1.79 bits per heavy atom. The lowest BCUT2D eigenvalue weighted by atomic mass is 10.1. The SMILES string of the molecule is CCOC(=O)N1CCN(c2ccnc(C(=O)Nc3c(C)cccc3C)c2)CC1. The van der Waals surface area contributed by atoms with Gasteiger partial charge in [0.15, 0.2) is 0 Å². The number of hydrogen-bond acceptors (Lipinski definition) is 5. The van der Waals surface area contributed by atoms with E-state index < -0.39 is 0 Å². The molecule has 1 aromatic heterocycles. The van der Waals surface area contributed by atoms with Crippen LogP contribution in [0.3, 0.4) is 0 Å². The summed E-state index contributed by atoms with van der Waals surface area (Å²) < 4.78 is 5.05. The minimum atomic E-state index is -0.273. The Kier molecular flexibility index (Phi) is 6.13. The minimum Gasteiger partial charge on any atom is -0.450 e. The number of rotatable bonds is 4. The average Bonchev–Trinajstić information content (AvgIpc) is 2.71. The van der Waals surface area contributed by atoms with Gasteiger partial charge in [0.05, 0.1) is 6.61 Å². The molecule has 1 fully saturated rings. The molecule has 28 heavy (non-hydrogen) atoms. The van der Waals surface area contributed by atoms with Gasteiger partial charge in [-0.15, -0.1) is 0 Å². The number of piperazine rings is 1. The lowest BCUT2D eigenvalue weighted by molar-refractivity contribution is 0.102. The van der Waals surface area contributed by atoms with Gasteiger partial charge in [-0.1, -0.05) is 18.2 Å². The van der Waals surface area contributed by atoms with Gasteiger partial charge in [0.25, 0.3) is 5.91 Å². The molecular weight excluding hydrogens is 356 g/mol. The summed E-state index contributed by atoms with van der Waals surface area (Å²) >= 11 is 0. The number of benzene rings is 1. The molecule has 1 saturated heterocycles. The number of anilines is 2. The summed E-state index contributed by atoms with van der Waals surface area (Å²) in [6.07, 6.45) is 1.37. The fourth-order valence-corrected chi connectivity index (χ4v) is 3.29. The van der Waals surface area contributed by atoms with Crippen molar-refractivity contribution in [3.05, 3.63) is 53.3 Å². The zero-order chi connectivity index (χ0) is 20.1. The van der Waals surface area contributed by atoms with Gasteiger partial charge in [0.2, 0.25) is 0 Å². The van der Waals surface area contributed by atoms with Crippen molar-refractivity contribution in [1.82, 2.24) is 9.88 Å². The van der Waals surface area contributed by atoms with Crippen LogP contribution in [0.1, 0.15) is 28.5 Å². The molecule has 7 nitrogen and oxygen atoms in total. The Labute approximate surface area is 165 Å². The number of carbonyl (C=O) groups is 2. The van der Waals surface area contributed by atoms with Gasteiger partial charge in [-0.25, -0.2) is 4.79 Å². The first kappa shape index (κ1) is 19.7. The molecule has 3 rings (SSSR count). The molecule has 7 heteroatoms. The van der Waals surface area contributed by atoms with Crippen LogP contribution in [-0.4, -0.2) is 54.7 Å². The van der Waals surface area contributed by atoms with Gasteiger partial charge in [-0.2, -0.15) is 0 Å². The first-order chi connectivity index (χ1) is 13.5. The quantitative estimate of drug-likeness (QED) is 0.879. The van der Waals surface area contributed by atoms with E-state index in [1.807, 2.05) is 38.1 Å². The standard InChI is InChI=1S/C21H26N4O3/c1-4-28-21(27)25-12-10-24(11-13-25)17-8-9-22-18(14-17)20(26)23-19-15(2)6-5-7-16(19)3/h5-9,14H,4,10-13H2,1-3H3,(H,23,26). The first-order valence-electron chi connectivity index (χ1n) is 9.50. The van der Waals surface area contributed by atoms with Gasteiger partial charge >= 0.3 is 6.09 Å². The molecular formula is C21H26N4O3. The van der Waals surface area contributed by atoms with E-state index in [1.165, 1.54) is 0 Å². The normalized spacial score (nSPS) is 14.0. The highest BCUT2D eigenvalue weighted by molar-refractivity contribution is 6.04. The second-order valence-corrected chi connectivity index (χ2v) is 6.79. The lowest BCUT2D eigenvalue weighted by Crippen LogP contribution is -2.49. The molecule has 2 aromatic rings. The molecule has 1 aliphatic rings. The molecule has 1 aromatic carbocycles. The highest BCUT2D eigenvalue weighted by Crippen LogP contribution is 2.22. The topological polar surface area (TPSA) is 74.8 Å². The summed E-state index contributed by atoms with van der Waals surface area (Å²) in [5, 5.41) is 2.97. The molecule has 0 bridgehead atoms. The van der Waals surface area contributed by atoms with E-state index in [9.17, 15) is 9.59 Å². The van der Waals surface area contributed by atoms with E-state index >= 15 is 0 Å². The van der Waals surface area contributed by atoms with E-state index in [4.69, 9.17) is 4.74 Å². The van der Waals surface area contributed by atoms with Crippen LogP contribution in [-0.2, 0) is 4.74 Å². The molecule has 0 atom stereocenters. The van der Waals surface area contributed by atoms with Crippen LogP contribution in [0.2, 0.25) is 0 Å². The van der Waals surface area contributed by atoms with Crippen LogP contribution >= 0.6 is 0 Å². The van der Waals surface area contributed by atoms with Crippen LogP contribution in [0.25, 0.3) is 0 Å². The summed E-state index contributed by atoms with van der Waals surface area (Å²) in [6.45, 7) is 8.65. The van der Waals surface area contributed by atoms with Crippen LogP contribution in [0.15, 0.2) is 36.5 Å². The summed E-state index contributed by atoms with van der Waals surface area (Å²) in [6, 6.07) is 9.58. The fraction of sp³-hybridized carbons (Fsp3) is 0.381. The van der Waals surface area contributed by atoms with E-state index in [0.717, 1.165) is 22.5 Å². The number of para-hydroxylation sites is 1. The zero-order valence-corrected chi connectivity index (χ0v) is 16.6. The highest BCUT2D eigenvalue weighted by Gasteiger charge is 2.22. The van der Waals surface area contributed by atoms with Gasteiger partial charge < -0.3 is 19.9 Å². The number of nitrogens with one attached hydrogen (secondary N) is 1. The van der Waals surface area contributed by atoms with Crippen molar-refractivity contribution in [1.29, 1.82) is 0 Å². The molecule has 2 amide bonds.